The minimum atomic E-state index is 0.489. The molecule has 0 amide bonds. The van der Waals surface area contributed by atoms with Gasteiger partial charge in [-0.25, -0.2) is 9.97 Å². The minimum absolute atomic E-state index is 0.489. The molecule has 0 fully saturated rings. The molecule has 0 unspecified atom stereocenters. The van der Waals surface area contributed by atoms with Gasteiger partial charge in [-0.15, -0.1) is 21.5 Å². The molecule has 0 aliphatic rings. The number of fused-ring (bicyclic) bond motifs is 1. The van der Waals surface area contributed by atoms with Crippen LogP contribution >= 0.6 is 34.7 Å². The zero-order chi connectivity index (χ0) is 17.4. The van der Waals surface area contributed by atoms with E-state index in [-0.39, 0.29) is 0 Å². The predicted molar refractivity (Wildman–Crippen MR) is 101 cm³/mol. The SMILES string of the molecule is Cc1sc2ncnc(SCc3nnc(-c4ccc(Cl)cc4)o3)c2c1C. The molecule has 0 bridgehead atoms. The molecule has 0 N–H and O–H groups in total. The van der Waals surface area contributed by atoms with Crippen LogP contribution in [0.5, 0.6) is 0 Å². The first-order valence-corrected chi connectivity index (χ1v) is 9.71. The van der Waals surface area contributed by atoms with Crippen LogP contribution < -0.4 is 0 Å². The number of hydrogen-bond acceptors (Lipinski definition) is 7. The summed E-state index contributed by atoms with van der Waals surface area (Å²) in [6.45, 7) is 4.21. The lowest BCUT2D eigenvalue weighted by atomic mass is 10.2. The summed E-state index contributed by atoms with van der Waals surface area (Å²) in [4.78, 5) is 11.1. The van der Waals surface area contributed by atoms with E-state index in [0.29, 0.717) is 22.6 Å². The van der Waals surface area contributed by atoms with Crippen molar-refractivity contribution in [2.24, 2.45) is 0 Å². The van der Waals surface area contributed by atoms with Crippen LogP contribution in [0.4, 0.5) is 0 Å². The van der Waals surface area contributed by atoms with Gasteiger partial charge < -0.3 is 4.42 Å². The number of thiophene rings is 1. The maximum Gasteiger partial charge on any atom is 0.247 e. The molecule has 3 aromatic heterocycles. The summed E-state index contributed by atoms with van der Waals surface area (Å²) in [6, 6.07) is 7.32. The Kier molecular flexibility index (Phi) is 4.45. The van der Waals surface area contributed by atoms with Crippen LogP contribution in [0, 0.1) is 13.8 Å². The zero-order valence-electron chi connectivity index (χ0n) is 13.5. The number of hydrogen-bond donors (Lipinski definition) is 0. The van der Waals surface area contributed by atoms with Crippen molar-refractivity contribution in [3.05, 3.63) is 51.9 Å². The van der Waals surface area contributed by atoms with Gasteiger partial charge in [-0.1, -0.05) is 23.4 Å². The van der Waals surface area contributed by atoms with E-state index in [1.165, 1.54) is 10.4 Å². The molecule has 126 valence electrons. The van der Waals surface area contributed by atoms with Crippen molar-refractivity contribution in [3.8, 4) is 11.5 Å². The number of thioether (sulfide) groups is 1. The van der Waals surface area contributed by atoms with Gasteiger partial charge in [0.25, 0.3) is 0 Å². The van der Waals surface area contributed by atoms with Crippen molar-refractivity contribution >= 4 is 44.9 Å². The van der Waals surface area contributed by atoms with Crippen LogP contribution in [0.1, 0.15) is 16.3 Å². The van der Waals surface area contributed by atoms with Gasteiger partial charge in [0.1, 0.15) is 16.2 Å². The monoisotopic (exact) mass is 388 g/mol. The van der Waals surface area contributed by atoms with Crippen LogP contribution in [0.3, 0.4) is 0 Å². The standard InChI is InChI=1S/C17H13ClN4OS2/c1-9-10(2)25-17-14(9)16(19-8-20-17)24-7-13-21-22-15(23-13)11-3-5-12(18)6-4-11/h3-6,8H,7H2,1-2H3. The molecule has 5 nitrogen and oxygen atoms in total. The molecule has 4 aromatic rings. The molecule has 0 saturated heterocycles. The molecule has 0 atom stereocenters. The molecule has 1 aromatic carbocycles. The van der Waals surface area contributed by atoms with Crippen molar-refractivity contribution in [3.63, 3.8) is 0 Å². The molecule has 0 spiro atoms. The second kappa shape index (κ2) is 6.74. The first-order chi connectivity index (χ1) is 12.1. The van der Waals surface area contributed by atoms with E-state index >= 15 is 0 Å². The first kappa shape index (κ1) is 16.5. The Morgan fingerprint density at radius 3 is 2.72 bits per heavy atom. The number of rotatable bonds is 4. The quantitative estimate of drug-likeness (QED) is 0.349. The van der Waals surface area contributed by atoms with E-state index in [1.807, 2.05) is 12.1 Å². The lowest BCUT2D eigenvalue weighted by Gasteiger charge is -2.01. The molecule has 0 aliphatic carbocycles. The highest BCUT2D eigenvalue weighted by molar-refractivity contribution is 7.98. The minimum Gasteiger partial charge on any atom is -0.420 e. The smallest absolute Gasteiger partial charge is 0.247 e. The van der Waals surface area contributed by atoms with Crippen LogP contribution in [0.25, 0.3) is 21.7 Å². The summed E-state index contributed by atoms with van der Waals surface area (Å²) < 4.78 is 5.75. The maximum atomic E-state index is 5.90. The van der Waals surface area contributed by atoms with Crippen molar-refractivity contribution < 1.29 is 4.42 Å². The van der Waals surface area contributed by atoms with Gasteiger partial charge in [-0.3, -0.25) is 0 Å². The third-order valence-electron chi connectivity index (χ3n) is 3.82. The Balaban J connectivity index is 1.55. The van der Waals surface area contributed by atoms with Gasteiger partial charge in [-0.2, -0.15) is 0 Å². The lowest BCUT2D eigenvalue weighted by Crippen LogP contribution is -1.87. The van der Waals surface area contributed by atoms with Crippen LogP contribution in [-0.4, -0.2) is 20.2 Å². The molecule has 0 saturated carbocycles. The van der Waals surface area contributed by atoms with Crippen molar-refractivity contribution in [2.75, 3.05) is 0 Å². The van der Waals surface area contributed by atoms with Gasteiger partial charge in [0.05, 0.1) is 5.75 Å². The zero-order valence-corrected chi connectivity index (χ0v) is 15.9. The Labute approximate surface area is 157 Å². The Morgan fingerprint density at radius 1 is 1.12 bits per heavy atom. The predicted octanol–water partition coefficient (Wildman–Crippen LogP) is 5.30. The fraction of sp³-hybridized carbons (Fsp3) is 0.176. The number of aryl methyl sites for hydroxylation is 2. The summed E-state index contributed by atoms with van der Waals surface area (Å²) in [5.41, 5.74) is 2.08. The number of halogens is 1. The average molecular weight is 389 g/mol. The summed E-state index contributed by atoms with van der Waals surface area (Å²) >= 11 is 9.17. The fourth-order valence-corrected chi connectivity index (χ4v) is 4.49. The van der Waals surface area contributed by atoms with Gasteiger partial charge in [0.2, 0.25) is 11.8 Å². The van der Waals surface area contributed by atoms with Crippen molar-refractivity contribution in [1.29, 1.82) is 0 Å². The summed E-state index contributed by atoms with van der Waals surface area (Å²) in [5.74, 6) is 1.61. The Morgan fingerprint density at radius 2 is 1.92 bits per heavy atom. The third kappa shape index (κ3) is 3.27. The highest BCUT2D eigenvalue weighted by atomic mass is 35.5. The fourth-order valence-electron chi connectivity index (χ4n) is 2.41. The van der Waals surface area contributed by atoms with E-state index in [2.05, 4.69) is 34.0 Å². The molecule has 8 heteroatoms. The lowest BCUT2D eigenvalue weighted by molar-refractivity contribution is 0.528. The van der Waals surface area contributed by atoms with E-state index in [4.69, 9.17) is 16.0 Å². The molecule has 0 aliphatic heterocycles. The first-order valence-electron chi connectivity index (χ1n) is 7.53. The van der Waals surface area contributed by atoms with Crippen LogP contribution in [0.15, 0.2) is 40.0 Å². The van der Waals surface area contributed by atoms with Crippen LogP contribution in [-0.2, 0) is 5.75 Å². The second-order valence-corrected chi connectivity index (χ2v) is 8.04. The summed E-state index contributed by atoms with van der Waals surface area (Å²) in [5, 5.41) is 11.0. The summed E-state index contributed by atoms with van der Waals surface area (Å²) in [7, 11) is 0. The average Bonchev–Trinajstić information content (AvgIpc) is 3.19. The van der Waals surface area contributed by atoms with Crippen molar-refractivity contribution in [2.45, 2.75) is 24.6 Å². The Bertz CT molecular complexity index is 1040. The Hall–Kier alpha value is -1.96. The van der Waals surface area contributed by atoms with Crippen LogP contribution in [0.2, 0.25) is 5.02 Å². The summed E-state index contributed by atoms with van der Waals surface area (Å²) in [6.07, 6.45) is 1.60. The highest BCUT2D eigenvalue weighted by Gasteiger charge is 2.14. The van der Waals surface area contributed by atoms with E-state index in [1.54, 1.807) is 41.6 Å². The second-order valence-electron chi connectivity index (χ2n) is 5.44. The van der Waals surface area contributed by atoms with Gasteiger partial charge in [0.15, 0.2) is 0 Å². The van der Waals surface area contributed by atoms with E-state index in [9.17, 15) is 0 Å². The normalized spacial score (nSPS) is 11.3. The molecule has 4 rings (SSSR count). The van der Waals surface area contributed by atoms with Crippen molar-refractivity contribution in [1.82, 2.24) is 20.2 Å². The third-order valence-corrected chi connectivity index (χ3v) is 6.16. The van der Waals surface area contributed by atoms with Gasteiger partial charge >= 0.3 is 0 Å². The topological polar surface area (TPSA) is 64.7 Å². The number of aromatic nitrogens is 4. The molecule has 3 heterocycles. The molecular formula is C17H13ClN4OS2. The van der Waals surface area contributed by atoms with Gasteiger partial charge in [-0.05, 0) is 43.7 Å². The largest absolute Gasteiger partial charge is 0.420 e. The van der Waals surface area contributed by atoms with E-state index < -0.39 is 0 Å². The number of nitrogens with zero attached hydrogens (tertiary/aromatic N) is 4. The van der Waals surface area contributed by atoms with E-state index in [0.717, 1.165) is 20.8 Å². The number of benzene rings is 1. The maximum absolute atomic E-state index is 5.90. The van der Waals surface area contributed by atoms with Gasteiger partial charge in [0, 0.05) is 20.8 Å². The highest BCUT2D eigenvalue weighted by Crippen LogP contribution is 2.35. The molecular weight excluding hydrogens is 376 g/mol. The molecule has 25 heavy (non-hydrogen) atoms. The molecule has 0 radical (unpaired) electrons.